The molecule has 1 aliphatic heterocycles. The van der Waals surface area contributed by atoms with E-state index in [0.717, 1.165) is 51.5 Å². The van der Waals surface area contributed by atoms with Crippen LogP contribution in [0.2, 0.25) is 10.0 Å². The van der Waals surface area contributed by atoms with E-state index < -0.39 is 0 Å². The molecule has 0 radical (unpaired) electrons. The first kappa shape index (κ1) is 24.2. The number of guanidine groups is 1. The number of aromatic nitrogens is 2. The quantitative estimate of drug-likeness (QED) is 0.325. The van der Waals surface area contributed by atoms with Crippen LogP contribution in [0.1, 0.15) is 24.0 Å². The summed E-state index contributed by atoms with van der Waals surface area (Å²) < 4.78 is 1.94. The Balaban J connectivity index is 0.00000300. The van der Waals surface area contributed by atoms with E-state index >= 15 is 0 Å². The topological polar surface area (TPSA) is 57.5 Å². The lowest BCUT2D eigenvalue weighted by molar-refractivity contribution is 0.198. The first-order valence-corrected chi connectivity index (χ1v) is 10.4. The number of hydrogen-bond donors (Lipinski definition) is 2. The lowest BCUT2D eigenvalue weighted by Gasteiger charge is -2.33. The third-order valence-corrected chi connectivity index (χ3v) is 5.68. The maximum absolute atomic E-state index is 6.12. The van der Waals surface area contributed by atoms with Crippen molar-refractivity contribution in [2.75, 3.05) is 26.7 Å². The van der Waals surface area contributed by atoms with E-state index in [0.29, 0.717) is 16.1 Å². The molecule has 1 aromatic carbocycles. The van der Waals surface area contributed by atoms with Crippen LogP contribution in [0.4, 0.5) is 0 Å². The van der Waals surface area contributed by atoms with E-state index in [-0.39, 0.29) is 24.0 Å². The third kappa shape index (κ3) is 7.62. The fourth-order valence-electron chi connectivity index (χ4n) is 3.40. The van der Waals surface area contributed by atoms with Crippen LogP contribution in [-0.4, -0.2) is 53.4 Å². The van der Waals surface area contributed by atoms with E-state index in [1.54, 1.807) is 0 Å². The lowest BCUT2D eigenvalue weighted by Crippen LogP contribution is -2.49. The average molecular weight is 551 g/mol. The monoisotopic (exact) mass is 550 g/mol. The van der Waals surface area contributed by atoms with Crippen molar-refractivity contribution in [1.29, 1.82) is 0 Å². The maximum Gasteiger partial charge on any atom is 0.191 e. The molecule has 29 heavy (non-hydrogen) atoms. The Hall–Kier alpha value is -1.03. The van der Waals surface area contributed by atoms with Crippen molar-refractivity contribution in [2.45, 2.75) is 38.9 Å². The number of benzene rings is 1. The van der Waals surface area contributed by atoms with Gasteiger partial charge in [-0.1, -0.05) is 29.3 Å². The van der Waals surface area contributed by atoms with Gasteiger partial charge in [0.25, 0.3) is 0 Å². The average Bonchev–Trinajstić information content (AvgIpc) is 3.10. The molecule has 1 aliphatic rings. The van der Waals surface area contributed by atoms with Crippen LogP contribution in [0.3, 0.4) is 0 Å². The second kappa shape index (κ2) is 12.0. The Labute approximate surface area is 200 Å². The van der Waals surface area contributed by atoms with E-state index in [9.17, 15) is 0 Å². The van der Waals surface area contributed by atoms with E-state index in [2.05, 4.69) is 25.6 Å². The number of likely N-dealkylation sites (tertiary alicyclic amines) is 1. The molecule has 1 saturated heterocycles. The molecule has 0 saturated carbocycles. The van der Waals surface area contributed by atoms with Gasteiger partial charge in [0.1, 0.15) is 0 Å². The van der Waals surface area contributed by atoms with Gasteiger partial charge in [0.2, 0.25) is 0 Å². The fourth-order valence-corrected chi connectivity index (χ4v) is 3.72. The Morgan fingerprint density at radius 2 is 2.00 bits per heavy atom. The molecule has 160 valence electrons. The molecule has 0 unspecified atom stereocenters. The van der Waals surface area contributed by atoms with Crippen LogP contribution >= 0.6 is 47.2 Å². The van der Waals surface area contributed by atoms with Crippen LogP contribution < -0.4 is 10.6 Å². The molecular formula is C20H29Cl2IN6. The SMILES string of the molecule is CN=C(NCCn1cc(C)cn1)NC1CCN(Cc2ccc(Cl)c(Cl)c2)CC1.I. The zero-order chi connectivity index (χ0) is 19.9. The van der Waals surface area contributed by atoms with Gasteiger partial charge in [-0.15, -0.1) is 24.0 Å². The lowest BCUT2D eigenvalue weighted by atomic mass is 10.0. The Kier molecular flexibility index (Phi) is 10.0. The molecule has 0 aliphatic carbocycles. The molecule has 9 heteroatoms. The van der Waals surface area contributed by atoms with Gasteiger partial charge in [-0.2, -0.15) is 5.10 Å². The molecule has 2 N–H and O–H groups in total. The van der Waals surface area contributed by atoms with Crippen molar-refractivity contribution in [2.24, 2.45) is 4.99 Å². The van der Waals surface area contributed by atoms with E-state index in [4.69, 9.17) is 23.2 Å². The minimum Gasteiger partial charge on any atom is -0.355 e. The van der Waals surface area contributed by atoms with Crippen LogP contribution in [0.5, 0.6) is 0 Å². The molecule has 6 nitrogen and oxygen atoms in total. The summed E-state index contributed by atoms with van der Waals surface area (Å²) in [7, 11) is 1.81. The number of hydrogen-bond acceptors (Lipinski definition) is 3. The molecule has 0 amide bonds. The fraction of sp³-hybridized carbons (Fsp3) is 0.500. The number of nitrogens with one attached hydrogen (secondary N) is 2. The van der Waals surface area contributed by atoms with Crippen molar-refractivity contribution in [1.82, 2.24) is 25.3 Å². The number of rotatable bonds is 6. The number of aliphatic imine (C=N–C) groups is 1. The third-order valence-electron chi connectivity index (χ3n) is 4.94. The molecule has 3 rings (SSSR count). The van der Waals surface area contributed by atoms with Crippen molar-refractivity contribution in [3.05, 3.63) is 51.8 Å². The highest BCUT2D eigenvalue weighted by atomic mass is 127. The van der Waals surface area contributed by atoms with E-state index in [1.807, 2.05) is 49.2 Å². The summed E-state index contributed by atoms with van der Waals surface area (Å²) in [4.78, 5) is 6.80. The number of halogens is 3. The van der Waals surface area contributed by atoms with Crippen molar-refractivity contribution in [3.8, 4) is 0 Å². The summed E-state index contributed by atoms with van der Waals surface area (Å²) in [5.41, 5.74) is 2.38. The molecular weight excluding hydrogens is 522 g/mol. The van der Waals surface area contributed by atoms with Gasteiger partial charge in [0.05, 0.1) is 22.8 Å². The second-order valence-corrected chi connectivity index (χ2v) is 8.04. The smallest absolute Gasteiger partial charge is 0.191 e. The summed E-state index contributed by atoms with van der Waals surface area (Å²) in [6.45, 7) is 6.64. The molecule has 1 aromatic heterocycles. The first-order chi connectivity index (χ1) is 13.5. The Bertz CT molecular complexity index is 802. The summed E-state index contributed by atoms with van der Waals surface area (Å²) in [5, 5.41) is 12.4. The van der Waals surface area contributed by atoms with Gasteiger partial charge in [-0.05, 0) is 43.0 Å². The van der Waals surface area contributed by atoms with Crippen molar-refractivity contribution >= 4 is 53.1 Å². The molecule has 2 heterocycles. The van der Waals surface area contributed by atoms with Gasteiger partial charge in [0.15, 0.2) is 5.96 Å². The Morgan fingerprint density at radius 3 is 2.62 bits per heavy atom. The highest BCUT2D eigenvalue weighted by molar-refractivity contribution is 14.0. The van der Waals surface area contributed by atoms with Crippen LogP contribution in [0.25, 0.3) is 0 Å². The number of piperidine rings is 1. The zero-order valence-corrected chi connectivity index (χ0v) is 20.7. The minimum absolute atomic E-state index is 0. The van der Waals surface area contributed by atoms with Crippen molar-refractivity contribution < 1.29 is 0 Å². The van der Waals surface area contributed by atoms with E-state index in [1.165, 1.54) is 11.1 Å². The molecule has 0 spiro atoms. The van der Waals surface area contributed by atoms with Crippen molar-refractivity contribution in [3.63, 3.8) is 0 Å². The number of aryl methyl sites for hydroxylation is 1. The summed E-state index contributed by atoms with van der Waals surface area (Å²) >= 11 is 12.1. The van der Waals surface area contributed by atoms with Gasteiger partial charge < -0.3 is 10.6 Å². The molecule has 0 atom stereocenters. The molecule has 1 fully saturated rings. The van der Waals surface area contributed by atoms with Gasteiger partial charge in [-0.25, -0.2) is 0 Å². The second-order valence-electron chi connectivity index (χ2n) is 7.22. The predicted molar refractivity (Wildman–Crippen MR) is 132 cm³/mol. The predicted octanol–water partition coefficient (Wildman–Crippen LogP) is 3.95. The van der Waals surface area contributed by atoms with Crippen LogP contribution in [0.15, 0.2) is 35.6 Å². The van der Waals surface area contributed by atoms with Gasteiger partial charge in [-0.3, -0.25) is 14.6 Å². The summed E-state index contributed by atoms with van der Waals surface area (Å²) in [6.07, 6.45) is 6.08. The maximum atomic E-state index is 6.12. The first-order valence-electron chi connectivity index (χ1n) is 9.66. The highest BCUT2D eigenvalue weighted by Gasteiger charge is 2.20. The van der Waals surface area contributed by atoms with Gasteiger partial charge in [0, 0.05) is 45.5 Å². The normalized spacial score (nSPS) is 15.8. The largest absolute Gasteiger partial charge is 0.355 e. The van der Waals surface area contributed by atoms with Crippen LogP contribution in [0, 0.1) is 6.92 Å². The molecule has 2 aromatic rings. The number of nitrogens with zero attached hydrogens (tertiary/aromatic N) is 4. The van der Waals surface area contributed by atoms with Gasteiger partial charge >= 0.3 is 0 Å². The highest BCUT2D eigenvalue weighted by Crippen LogP contribution is 2.24. The summed E-state index contributed by atoms with van der Waals surface area (Å²) in [6, 6.07) is 6.31. The minimum atomic E-state index is 0. The molecule has 0 bridgehead atoms. The van der Waals surface area contributed by atoms with Crippen LogP contribution in [-0.2, 0) is 13.1 Å². The summed E-state index contributed by atoms with van der Waals surface area (Å²) in [5.74, 6) is 0.854. The zero-order valence-electron chi connectivity index (χ0n) is 16.9. The standard InChI is InChI=1S/C20H28Cl2N6.HI/c1-15-12-25-28(13-15)10-7-24-20(23-2)26-17-5-8-27(9-6-17)14-16-3-4-18(21)19(22)11-16;/h3-4,11-13,17H,5-10,14H2,1-2H3,(H2,23,24,26);1H. The Morgan fingerprint density at radius 1 is 1.24 bits per heavy atom.